The lowest BCUT2D eigenvalue weighted by Crippen LogP contribution is -2.46. The van der Waals surface area contributed by atoms with Gasteiger partial charge in [0, 0.05) is 30.3 Å². The third kappa shape index (κ3) is 4.15. The number of rotatable bonds is 6. The van der Waals surface area contributed by atoms with E-state index in [0.717, 1.165) is 6.42 Å². The van der Waals surface area contributed by atoms with Crippen LogP contribution in [0.3, 0.4) is 0 Å². The van der Waals surface area contributed by atoms with Crippen LogP contribution < -0.4 is 16.2 Å². The number of anilines is 1. The predicted molar refractivity (Wildman–Crippen MR) is 95.4 cm³/mol. The van der Waals surface area contributed by atoms with Crippen LogP contribution in [-0.4, -0.2) is 48.3 Å². The first-order valence-electron chi connectivity index (χ1n) is 7.94. The Morgan fingerprint density at radius 2 is 2.33 bits per heavy atom. The summed E-state index contributed by atoms with van der Waals surface area (Å²) in [6.07, 6.45) is 3.46. The summed E-state index contributed by atoms with van der Waals surface area (Å²) in [6, 6.07) is 5.15. The highest BCUT2D eigenvalue weighted by Crippen LogP contribution is 2.29. The molecular formula is C18H25N3O3. The van der Waals surface area contributed by atoms with Crippen molar-refractivity contribution < 1.29 is 14.6 Å². The van der Waals surface area contributed by atoms with E-state index in [4.69, 9.17) is 16.2 Å². The van der Waals surface area contributed by atoms with Gasteiger partial charge in [-0.05, 0) is 30.2 Å². The summed E-state index contributed by atoms with van der Waals surface area (Å²) in [5.41, 5.74) is 13.6. The van der Waals surface area contributed by atoms with Crippen molar-refractivity contribution >= 4 is 17.2 Å². The summed E-state index contributed by atoms with van der Waals surface area (Å²) in [6.45, 7) is 4.44. The molecule has 6 heteroatoms. The molecule has 1 amide bonds. The number of hydrogen-bond acceptors (Lipinski definition) is 5. The number of carbonyl (C=O) groups is 1. The number of piperidine rings is 1. The first-order chi connectivity index (χ1) is 11.5. The maximum absolute atomic E-state index is 12.1. The molecule has 0 spiro atoms. The van der Waals surface area contributed by atoms with Gasteiger partial charge in [-0.3, -0.25) is 4.79 Å². The molecule has 6 nitrogen and oxygen atoms in total. The lowest BCUT2D eigenvalue weighted by atomic mass is 9.96. The number of carbonyl (C=O) groups excluding carboxylic acids is 1. The molecule has 1 fully saturated rings. The Hall–Kier alpha value is -2.31. The Morgan fingerprint density at radius 3 is 2.96 bits per heavy atom. The number of amides is 1. The van der Waals surface area contributed by atoms with Crippen LogP contribution in [-0.2, 0) is 4.79 Å². The van der Waals surface area contributed by atoms with E-state index in [2.05, 4.69) is 6.58 Å². The smallest absolute Gasteiger partial charge is 0.224 e. The zero-order valence-electron chi connectivity index (χ0n) is 13.9. The minimum Gasteiger partial charge on any atom is -0.497 e. The monoisotopic (exact) mass is 331 g/mol. The van der Waals surface area contributed by atoms with Gasteiger partial charge < -0.3 is 26.2 Å². The van der Waals surface area contributed by atoms with E-state index in [1.807, 2.05) is 0 Å². The van der Waals surface area contributed by atoms with E-state index in [-0.39, 0.29) is 18.5 Å². The van der Waals surface area contributed by atoms with Crippen molar-refractivity contribution in [1.29, 1.82) is 0 Å². The molecule has 0 saturated carbocycles. The molecule has 1 heterocycles. The molecule has 2 atom stereocenters. The second kappa shape index (κ2) is 7.99. The van der Waals surface area contributed by atoms with Crippen LogP contribution in [0.1, 0.15) is 18.4 Å². The summed E-state index contributed by atoms with van der Waals surface area (Å²) < 4.78 is 5.23. The predicted octanol–water partition coefficient (Wildman–Crippen LogP) is 1.16. The average Bonchev–Trinajstić information content (AvgIpc) is 2.56. The largest absolute Gasteiger partial charge is 0.497 e. The van der Waals surface area contributed by atoms with Gasteiger partial charge in [0.25, 0.3) is 0 Å². The molecule has 0 aromatic heterocycles. The lowest BCUT2D eigenvalue weighted by molar-refractivity contribution is -0.134. The Kier molecular flexibility index (Phi) is 6.00. The molecule has 1 unspecified atom stereocenters. The van der Waals surface area contributed by atoms with Crippen molar-refractivity contribution in [1.82, 2.24) is 4.90 Å². The van der Waals surface area contributed by atoms with Gasteiger partial charge in [0.15, 0.2) is 0 Å². The second-order valence-corrected chi connectivity index (χ2v) is 5.92. The summed E-state index contributed by atoms with van der Waals surface area (Å²) in [7, 11) is 1.57. The highest BCUT2D eigenvalue weighted by atomic mass is 16.5. The molecule has 1 aliphatic heterocycles. The average molecular weight is 331 g/mol. The normalized spacial score (nSPS) is 20.0. The topological polar surface area (TPSA) is 102 Å². The first kappa shape index (κ1) is 18.0. The van der Waals surface area contributed by atoms with Crippen molar-refractivity contribution in [3.05, 3.63) is 42.5 Å². The number of hydrogen-bond donors (Lipinski definition) is 3. The molecule has 1 aromatic carbocycles. The van der Waals surface area contributed by atoms with Crippen LogP contribution in [0.5, 0.6) is 5.75 Å². The van der Waals surface area contributed by atoms with Crippen molar-refractivity contribution in [3.8, 4) is 5.75 Å². The minimum atomic E-state index is -0.879. The molecule has 0 radical (unpaired) electrons. The third-order valence-electron chi connectivity index (χ3n) is 4.18. The minimum absolute atomic E-state index is 0.0376. The van der Waals surface area contributed by atoms with E-state index >= 15 is 0 Å². The van der Waals surface area contributed by atoms with Gasteiger partial charge in [0.1, 0.15) is 5.75 Å². The molecule has 0 bridgehead atoms. The van der Waals surface area contributed by atoms with Crippen molar-refractivity contribution in [3.63, 3.8) is 0 Å². The molecule has 1 saturated heterocycles. The molecular weight excluding hydrogens is 306 g/mol. The summed E-state index contributed by atoms with van der Waals surface area (Å²) in [5.74, 6) is 0.603. The van der Waals surface area contributed by atoms with Gasteiger partial charge in [-0.25, -0.2) is 0 Å². The van der Waals surface area contributed by atoms with Crippen LogP contribution in [0.25, 0.3) is 5.57 Å². The van der Waals surface area contributed by atoms with Gasteiger partial charge in [-0.1, -0.05) is 18.7 Å². The Bertz CT molecular complexity index is 642. The van der Waals surface area contributed by atoms with Gasteiger partial charge in [-0.2, -0.15) is 0 Å². The fourth-order valence-electron chi connectivity index (χ4n) is 2.82. The number of benzene rings is 1. The van der Waals surface area contributed by atoms with Gasteiger partial charge in [-0.15, -0.1) is 0 Å². The highest BCUT2D eigenvalue weighted by Gasteiger charge is 2.27. The third-order valence-corrected chi connectivity index (χ3v) is 4.18. The molecule has 1 aromatic rings. The van der Waals surface area contributed by atoms with E-state index in [0.29, 0.717) is 35.5 Å². The van der Waals surface area contributed by atoms with E-state index in [9.17, 15) is 9.90 Å². The standard InChI is InChI=1S/C18H25N3O3/c1-3-4-14(15-10-13(24-2)5-6-16(15)20)17(22)11-21-8-7-12(19)9-18(21)23/h3-6,10,12,17,22H,1,7-9,11,19-20H2,2H3/b14-4+/t12?,17-/m0/s1. The fourth-order valence-corrected chi connectivity index (χ4v) is 2.82. The Balaban J connectivity index is 2.23. The van der Waals surface area contributed by atoms with Crippen LogP contribution in [0.4, 0.5) is 5.69 Å². The van der Waals surface area contributed by atoms with E-state index in [1.54, 1.807) is 42.4 Å². The summed E-state index contributed by atoms with van der Waals surface area (Å²) in [4.78, 5) is 13.7. The van der Waals surface area contributed by atoms with Crippen LogP contribution in [0.15, 0.2) is 36.9 Å². The number of nitrogens with two attached hydrogens (primary N) is 2. The number of β-amino-alcohol motifs (C(OH)–C–C–N with tert-alkyl or cyclic N) is 1. The Labute approximate surface area is 142 Å². The Morgan fingerprint density at radius 1 is 1.58 bits per heavy atom. The number of nitrogen functional groups attached to an aromatic ring is 1. The maximum Gasteiger partial charge on any atom is 0.224 e. The van der Waals surface area contributed by atoms with Crippen LogP contribution in [0.2, 0.25) is 0 Å². The van der Waals surface area contributed by atoms with Crippen molar-refractivity contribution in [2.75, 3.05) is 25.9 Å². The van der Waals surface area contributed by atoms with Gasteiger partial charge in [0.05, 0.1) is 19.8 Å². The quantitative estimate of drug-likeness (QED) is 0.536. The molecule has 2 rings (SSSR count). The number of likely N-dealkylation sites (tertiary alicyclic amines) is 1. The first-order valence-corrected chi connectivity index (χ1v) is 7.94. The fraction of sp³-hybridized carbons (Fsp3) is 0.389. The molecule has 24 heavy (non-hydrogen) atoms. The zero-order chi connectivity index (χ0) is 17.7. The lowest BCUT2D eigenvalue weighted by Gasteiger charge is -2.32. The number of nitrogens with zero attached hydrogens (tertiary/aromatic N) is 1. The van der Waals surface area contributed by atoms with Crippen molar-refractivity contribution in [2.45, 2.75) is 25.0 Å². The van der Waals surface area contributed by atoms with Crippen LogP contribution >= 0.6 is 0 Å². The van der Waals surface area contributed by atoms with Gasteiger partial charge in [0.2, 0.25) is 5.91 Å². The number of ether oxygens (including phenoxy) is 1. The van der Waals surface area contributed by atoms with E-state index < -0.39 is 6.10 Å². The zero-order valence-corrected chi connectivity index (χ0v) is 13.9. The molecule has 0 aliphatic carbocycles. The number of allylic oxidation sites excluding steroid dienone is 2. The van der Waals surface area contributed by atoms with E-state index in [1.165, 1.54) is 0 Å². The van der Waals surface area contributed by atoms with Gasteiger partial charge >= 0.3 is 0 Å². The molecule has 130 valence electrons. The molecule has 5 N–H and O–H groups in total. The summed E-state index contributed by atoms with van der Waals surface area (Å²) >= 11 is 0. The summed E-state index contributed by atoms with van der Waals surface area (Å²) in [5, 5.41) is 10.7. The second-order valence-electron chi connectivity index (χ2n) is 5.92. The number of methoxy groups -OCH3 is 1. The molecule has 1 aliphatic rings. The van der Waals surface area contributed by atoms with Crippen molar-refractivity contribution in [2.24, 2.45) is 5.73 Å². The number of aliphatic hydroxyl groups excluding tert-OH is 1. The SMILES string of the molecule is C=C/C=C(\c1cc(OC)ccc1N)[C@@H](O)CN1CCC(N)CC1=O. The highest BCUT2D eigenvalue weighted by molar-refractivity contribution is 5.81. The van der Waals surface area contributed by atoms with Crippen LogP contribution in [0, 0.1) is 0 Å². The maximum atomic E-state index is 12.1. The number of aliphatic hydroxyl groups is 1.